The standard InChI is InChI=1S/C19H27BrF4/c20-14-8-9-16-11-12-17(18(21)15-16)10-6-4-2-1-3-5-7-13-19(22,23)24/h11-12,15H,1-10,13-14H2. The smallest absolute Gasteiger partial charge is 0.207 e. The molecule has 0 aromatic heterocycles. The minimum atomic E-state index is -4.02. The Morgan fingerprint density at radius 3 is 2.00 bits per heavy atom. The van der Waals surface area contributed by atoms with Crippen LogP contribution in [0.3, 0.4) is 0 Å². The maximum atomic E-state index is 14.0. The van der Waals surface area contributed by atoms with Crippen LogP contribution in [0.1, 0.15) is 68.9 Å². The average molecular weight is 411 g/mol. The first-order chi connectivity index (χ1) is 11.4. The molecule has 0 aliphatic carbocycles. The Morgan fingerprint density at radius 2 is 1.42 bits per heavy atom. The Bertz CT molecular complexity index is 457. The van der Waals surface area contributed by atoms with E-state index in [0.717, 1.165) is 67.8 Å². The summed E-state index contributed by atoms with van der Waals surface area (Å²) in [5, 5.41) is 0.923. The molecule has 0 unspecified atom stereocenters. The van der Waals surface area contributed by atoms with Gasteiger partial charge in [-0.3, -0.25) is 0 Å². The van der Waals surface area contributed by atoms with Crippen molar-refractivity contribution in [3.05, 3.63) is 35.1 Å². The molecule has 24 heavy (non-hydrogen) atoms. The van der Waals surface area contributed by atoms with Crippen molar-refractivity contribution in [3.63, 3.8) is 0 Å². The molecule has 0 radical (unpaired) electrons. The van der Waals surface area contributed by atoms with Gasteiger partial charge in [0.1, 0.15) is 5.82 Å². The number of benzene rings is 1. The van der Waals surface area contributed by atoms with Gasteiger partial charge in [-0.25, -0.2) is 4.39 Å². The zero-order valence-corrected chi connectivity index (χ0v) is 15.7. The van der Waals surface area contributed by atoms with Crippen LogP contribution in [0.5, 0.6) is 0 Å². The number of rotatable bonds is 12. The van der Waals surface area contributed by atoms with Crippen LogP contribution in [-0.4, -0.2) is 11.5 Å². The molecule has 0 saturated carbocycles. The summed E-state index contributed by atoms with van der Waals surface area (Å²) < 4.78 is 49.9. The molecule has 0 N–H and O–H groups in total. The number of unbranched alkanes of at least 4 members (excludes halogenated alkanes) is 6. The number of halogens is 5. The van der Waals surface area contributed by atoms with Crippen molar-refractivity contribution in [3.8, 4) is 0 Å². The zero-order chi connectivity index (χ0) is 17.8. The summed E-state index contributed by atoms with van der Waals surface area (Å²) in [6, 6.07) is 5.52. The third-order valence-corrected chi connectivity index (χ3v) is 4.68. The Labute approximate surface area is 151 Å². The van der Waals surface area contributed by atoms with Crippen molar-refractivity contribution in [2.45, 2.75) is 76.8 Å². The van der Waals surface area contributed by atoms with E-state index in [9.17, 15) is 17.6 Å². The number of alkyl halides is 4. The highest BCUT2D eigenvalue weighted by molar-refractivity contribution is 9.09. The molecule has 0 aliphatic heterocycles. The van der Waals surface area contributed by atoms with E-state index in [0.29, 0.717) is 6.42 Å². The lowest BCUT2D eigenvalue weighted by atomic mass is 10.0. The summed E-state index contributed by atoms with van der Waals surface area (Å²) in [5.74, 6) is -0.116. The summed E-state index contributed by atoms with van der Waals surface area (Å²) in [6.07, 6.45) is 3.57. The van der Waals surface area contributed by atoms with Crippen molar-refractivity contribution in [1.29, 1.82) is 0 Å². The van der Waals surface area contributed by atoms with E-state index in [2.05, 4.69) is 15.9 Å². The minimum Gasteiger partial charge on any atom is -0.207 e. The fourth-order valence-electron chi connectivity index (χ4n) is 2.74. The van der Waals surface area contributed by atoms with Crippen molar-refractivity contribution in [2.24, 2.45) is 0 Å². The molecule has 1 aromatic carbocycles. The molecule has 0 fully saturated rings. The van der Waals surface area contributed by atoms with Gasteiger partial charge in [0.05, 0.1) is 0 Å². The maximum absolute atomic E-state index is 14.0. The lowest BCUT2D eigenvalue weighted by Crippen LogP contribution is -2.06. The van der Waals surface area contributed by atoms with Crippen LogP contribution >= 0.6 is 15.9 Å². The largest absolute Gasteiger partial charge is 0.389 e. The highest BCUT2D eigenvalue weighted by Crippen LogP contribution is 2.23. The second-order valence-corrected chi connectivity index (χ2v) is 7.10. The van der Waals surface area contributed by atoms with Crippen molar-refractivity contribution < 1.29 is 17.6 Å². The Balaban J connectivity index is 2.09. The number of aryl methyl sites for hydroxylation is 2. The molecule has 0 bridgehead atoms. The van der Waals surface area contributed by atoms with Crippen molar-refractivity contribution >= 4 is 15.9 Å². The predicted molar refractivity (Wildman–Crippen MR) is 95.2 cm³/mol. The lowest BCUT2D eigenvalue weighted by molar-refractivity contribution is -0.135. The average Bonchev–Trinajstić information content (AvgIpc) is 2.51. The molecule has 138 valence electrons. The Kier molecular flexibility index (Phi) is 10.6. The fourth-order valence-corrected chi connectivity index (χ4v) is 3.03. The van der Waals surface area contributed by atoms with Crippen LogP contribution in [0.4, 0.5) is 17.6 Å². The molecule has 0 spiro atoms. The van der Waals surface area contributed by atoms with Crippen LogP contribution in [-0.2, 0) is 12.8 Å². The van der Waals surface area contributed by atoms with Gasteiger partial charge in [0.15, 0.2) is 0 Å². The van der Waals surface area contributed by atoms with Gasteiger partial charge in [-0.1, -0.05) is 60.2 Å². The van der Waals surface area contributed by atoms with E-state index in [4.69, 9.17) is 0 Å². The summed E-state index contributed by atoms with van der Waals surface area (Å²) in [6.45, 7) is 0. The van der Waals surface area contributed by atoms with Gasteiger partial charge in [0.2, 0.25) is 0 Å². The topological polar surface area (TPSA) is 0 Å². The molecule has 0 atom stereocenters. The highest BCUT2D eigenvalue weighted by Gasteiger charge is 2.25. The first-order valence-electron chi connectivity index (χ1n) is 8.82. The summed E-state index contributed by atoms with van der Waals surface area (Å²) in [5.41, 5.74) is 1.80. The first kappa shape index (κ1) is 21.5. The molecule has 1 aromatic rings. The van der Waals surface area contributed by atoms with Gasteiger partial charge in [0.25, 0.3) is 0 Å². The molecule has 0 heterocycles. The SMILES string of the molecule is Fc1cc(CCCBr)ccc1CCCCCCCCCC(F)(F)F. The van der Waals surface area contributed by atoms with E-state index in [1.54, 1.807) is 6.07 Å². The molecule has 0 nitrogen and oxygen atoms in total. The molecule has 0 amide bonds. The van der Waals surface area contributed by atoms with Gasteiger partial charge in [-0.05, 0) is 49.3 Å². The van der Waals surface area contributed by atoms with Crippen LogP contribution < -0.4 is 0 Å². The Morgan fingerprint density at radius 1 is 0.792 bits per heavy atom. The molecule has 0 aliphatic rings. The normalized spacial score (nSPS) is 11.9. The van der Waals surface area contributed by atoms with Crippen LogP contribution in [0, 0.1) is 5.82 Å². The molecular weight excluding hydrogens is 384 g/mol. The van der Waals surface area contributed by atoms with E-state index in [1.165, 1.54) is 0 Å². The quantitative estimate of drug-likeness (QED) is 0.191. The number of hydrogen-bond acceptors (Lipinski definition) is 0. The summed E-state index contributed by atoms with van der Waals surface area (Å²) in [4.78, 5) is 0. The van der Waals surface area contributed by atoms with Gasteiger partial charge in [-0.15, -0.1) is 0 Å². The van der Waals surface area contributed by atoms with Gasteiger partial charge in [-0.2, -0.15) is 13.2 Å². The van der Waals surface area contributed by atoms with E-state index < -0.39 is 12.6 Å². The van der Waals surface area contributed by atoms with Gasteiger partial charge >= 0.3 is 6.18 Å². The summed E-state index contributed by atoms with van der Waals surface area (Å²) in [7, 11) is 0. The molecule has 0 saturated heterocycles. The van der Waals surface area contributed by atoms with E-state index in [-0.39, 0.29) is 12.2 Å². The van der Waals surface area contributed by atoms with Crippen molar-refractivity contribution in [1.82, 2.24) is 0 Å². The van der Waals surface area contributed by atoms with Gasteiger partial charge < -0.3 is 0 Å². The summed E-state index contributed by atoms with van der Waals surface area (Å²) >= 11 is 3.37. The third kappa shape index (κ3) is 10.3. The zero-order valence-electron chi connectivity index (χ0n) is 14.1. The minimum absolute atomic E-state index is 0.116. The third-order valence-electron chi connectivity index (χ3n) is 4.12. The molecule has 1 rings (SSSR count). The van der Waals surface area contributed by atoms with E-state index >= 15 is 0 Å². The molecular formula is C19H27BrF4. The first-order valence-corrected chi connectivity index (χ1v) is 9.94. The molecule has 5 heteroatoms. The van der Waals surface area contributed by atoms with Crippen LogP contribution in [0.25, 0.3) is 0 Å². The highest BCUT2D eigenvalue weighted by atomic mass is 79.9. The van der Waals surface area contributed by atoms with Gasteiger partial charge in [0, 0.05) is 11.8 Å². The maximum Gasteiger partial charge on any atom is 0.389 e. The van der Waals surface area contributed by atoms with Crippen LogP contribution in [0.15, 0.2) is 18.2 Å². The van der Waals surface area contributed by atoms with Crippen LogP contribution in [0.2, 0.25) is 0 Å². The fraction of sp³-hybridized carbons (Fsp3) is 0.684. The lowest BCUT2D eigenvalue weighted by Gasteiger charge is -2.07. The van der Waals surface area contributed by atoms with E-state index in [1.807, 2.05) is 12.1 Å². The predicted octanol–water partition coefficient (Wildman–Crippen LogP) is 7.38. The second-order valence-electron chi connectivity index (χ2n) is 6.31. The monoisotopic (exact) mass is 410 g/mol. The number of hydrogen-bond donors (Lipinski definition) is 0. The second kappa shape index (κ2) is 11.9. The van der Waals surface area contributed by atoms with Crippen molar-refractivity contribution in [2.75, 3.05) is 5.33 Å². The Hall–Kier alpha value is -0.580.